The van der Waals surface area contributed by atoms with Gasteiger partial charge in [0.25, 0.3) is 0 Å². The fourth-order valence-corrected chi connectivity index (χ4v) is 4.41. The lowest BCUT2D eigenvalue weighted by Gasteiger charge is -2.32. The maximum absolute atomic E-state index is 13.0. The van der Waals surface area contributed by atoms with E-state index in [1.165, 1.54) is 12.8 Å². The van der Waals surface area contributed by atoms with Crippen LogP contribution >= 0.6 is 0 Å². The van der Waals surface area contributed by atoms with Gasteiger partial charge >= 0.3 is 0 Å². The lowest BCUT2D eigenvalue weighted by atomic mass is 9.99. The van der Waals surface area contributed by atoms with E-state index in [0.717, 1.165) is 56.5 Å². The van der Waals surface area contributed by atoms with Crippen molar-refractivity contribution >= 4 is 5.91 Å². The highest BCUT2D eigenvalue weighted by Gasteiger charge is 2.40. The zero-order valence-corrected chi connectivity index (χ0v) is 15.4. The van der Waals surface area contributed by atoms with E-state index in [1.807, 2.05) is 4.90 Å². The molecule has 0 unspecified atom stereocenters. The third-order valence-corrected chi connectivity index (χ3v) is 6.09. The first-order chi connectivity index (χ1) is 12.2. The standard InChI is InChI=1S/C18H29N5O2/c1-13-5-8-21(9-6-13)12-17(24)23-11-14(25-2)10-15(23)18-20-19-16-4-3-7-22(16)18/h13-15H,3-12H2,1-2H3/t14-,15+/m1/s1. The smallest absolute Gasteiger partial charge is 0.237 e. The maximum atomic E-state index is 13.0. The van der Waals surface area contributed by atoms with E-state index in [-0.39, 0.29) is 18.1 Å². The van der Waals surface area contributed by atoms with Crippen molar-refractivity contribution in [3.63, 3.8) is 0 Å². The molecule has 0 radical (unpaired) electrons. The van der Waals surface area contributed by atoms with Crippen LogP contribution in [0.5, 0.6) is 0 Å². The molecule has 4 heterocycles. The predicted octanol–water partition coefficient (Wildman–Crippen LogP) is 1.24. The highest BCUT2D eigenvalue weighted by atomic mass is 16.5. The van der Waals surface area contributed by atoms with Gasteiger partial charge in [0.2, 0.25) is 5.91 Å². The molecule has 4 rings (SSSR count). The normalized spacial score (nSPS) is 27.8. The minimum atomic E-state index is 0.000476. The van der Waals surface area contributed by atoms with Crippen molar-refractivity contribution in [1.82, 2.24) is 24.6 Å². The molecule has 138 valence electrons. The molecule has 3 aliphatic rings. The van der Waals surface area contributed by atoms with E-state index in [2.05, 4.69) is 26.6 Å². The molecule has 1 aromatic heterocycles. The minimum Gasteiger partial charge on any atom is -0.380 e. The number of fused-ring (bicyclic) bond motifs is 1. The number of piperidine rings is 1. The van der Waals surface area contributed by atoms with Gasteiger partial charge in [-0.05, 0) is 38.3 Å². The third-order valence-electron chi connectivity index (χ3n) is 6.09. The quantitative estimate of drug-likeness (QED) is 0.820. The number of rotatable bonds is 4. The molecule has 0 spiro atoms. The molecule has 2 fully saturated rings. The molecular formula is C18H29N5O2. The van der Waals surface area contributed by atoms with Crippen LogP contribution < -0.4 is 0 Å². The highest BCUT2D eigenvalue weighted by Crippen LogP contribution is 2.34. The number of aromatic nitrogens is 3. The Kier molecular flexibility index (Phi) is 4.78. The maximum Gasteiger partial charge on any atom is 0.237 e. The molecule has 0 bridgehead atoms. The van der Waals surface area contributed by atoms with E-state index < -0.39 is 0 Å². The van der Waals surface area contributed by atoms with Crippen LogP contribution in [-0.4, -0.2) is 69.9 Å². The Hall–Kier alpha value is -1.47. The van der Waals surface area contributed by atoms with Crippen molar-refractivity contribution in [2.45, 2.75) is 57.7 Å². The highest BCUT2D eigenvalue weighted by molar-refractivity contribution is 5.79. The summed E-state index contributed by atoms with van der Waals surface area (Å²) >= 11 is 0. The number of hydrogen-bond donors (Lipinski definition) is 0. The molecule has 0 saturated carbocycles. The summed E-state index contributed by atoms with van der Waals surface area (Å²) < 4.78 is 7.79. The molecule has 2 saturated heterocycles. The minimum absolute atomic E-state index is 0.000476. The van der Waals surface area contributed by atoms with Gasteiger partial charge in [0.1, 0.15) is 5.82 Å². The van der Waals surface area contributed by atoms with Crippen molar-refractivity contribution in [3.05, 3.63) is 11.6 Å². The van der Waals surface area contributed by atoms with E-state index in [1.54, 1.807) is 7.11 Å². The molecule has 0 aromatic carbocycles. The second-order valence-electron chi connectivity index (χ2n) is 7.84. The first kappa shape index (κ1) is 17.0. The summed E-state index contributed by atoms with van der Waals surface area (Å²) in [7, 11) is 1.73. The molecule has 1 aromatic rings. The molecule has 1 amide bonds. The Morgan fingerprint density at radius 3 is 2.80 bits per heavy atom. The van der Waals surface area contributed by atoms with E-state index in [9.17, 15) is 4.79 Å². The van der Waals surface area contributed by atoms with Gasteiger partial charge in [0.05, 0.1) is 18.7 Å². The van der Waals surface area contributed by atoms with Gasteiger partial charge in [-0.3, -0.25) is 9.69 Å². The first-order valence-corrected chi connectivity index (χ1v) is 9.62. The molecule has 7 nitrogen and oxygen atoms in total. The van der Waals surface area contributed by atoms with Crippen molar-refractivity contribution < 1.29 is 9.53 Å². The number of methoxy groups -OCH3 is 1. The number of ether oxygens (including phenoxy) is 1. The molecular weight excluding hydrogens is 318 g/mol. The summed E-state index contributed by atoms with van der Waals surface area (Å²) in [4.78, 5) is 17.3. The molecule has 7 heteroatoms. The Bertz CT molecular complexity index is 623. The number of aryl methyl sites for hydroxylation is 1. The zero-order valence-electron chi connectivity index (χ0n) is 15.4. The summed E-state index contributed by atoms with van der Waals surface area (Å²) in [6.45, 7) is 6.49. The Labute approximate surface area is 149 Å². The van der Waals surface area contributed by atoms with Crippen molar-refractivity contribution in [2.75, 3.05) is 33.3 Å². The van der Waals surface area contributed by atoms with E-state index in [4.69, 9.17) is 4.74 Å². The van der Waals surface area contributed by atoms with Crippen LogP contribution in [0.4, 0.5) is 0 Å². The van der Waals surface area contributed by atoms with Crippen LogP contribution in [0.15, 0.2) is 0 Å². The number of amides is 1. The van der Waals surface area contributed by atoms with Crippen LogP contribution in [0.25, 0.3) is 0 Å². The van der Waals surface area contributed by atoms with E-state index in [0.29, 0.717) is 13.1 Å². The fraction of sp³-hybridized carbons (Fsp3) is 0.833. The van der Waals surface area contributed by atoms with Crippen LogP contribution in [0, 0.1) is 5.92 Å². The fourth-order valence-electron chi connectivity index (χ4n) is 4.41. The van der Waals surface area contributed by atoms with Gasteiger partial charge in [-0.15, -0.1) is 10.2 Å². The Balaban J connectivity index is 1.48. The summed E-state index contributed by atoms with van der Waals surface area (Å²) in [5.74, 6) is 3.00. The number of hydrogen-bond acceptors (Lipinski definition) is 5. The molecule has 2 atom stereocenters. The SMILES string of the molecule is CO[C@@H]1C[C@@H](c2nnc3n2CCC3)N(C(=O)CN2CCC(C)CC2)C1. The summed E-state index contributed by atoms with van der Waals surface area (Å²) in [5.41, 5.74) is 0. The number of nitrogens with zero attached hydrogens (tertiary/aromatic N) is 5. The molecule has 25 heavy (non-hydrogen) atoms. The van der Waals surface area contributed by atoms with Gasteiger partial charge in [0.15, 0.2) is 5.82 Å². The number of carbonyl (C=O) groups is 1. The zero-order chi connectivity index (χ0) is 17.4. The van der Waals surface area contributed by atoms with Crippen molar-refractivity contribution in [3.8, 4) is 0 Å². The topological polar surface area (TPSA) is 63.5 Å². The lowest BCUT2D eigenvalue weighted by Crippen LogP contribution is -2.43. The van der Waals surface area contributed by atoms with Crippen LogP contribution in [0.2, 0.25) is 0 Å². The van der Waals surface area contributed by atoms with Gasteiger partial charge in [-0.1, -0.05) is 6.92 Å². The van der Waals surface area contributed by atoms with Gasteiger partial charge < -0.3 is 14.2 Å². The lowest BCUT2D eigenvalue weighted by molar-refractivity contribution is -0.134. The second kappa shape index (κ2) is 7.03. The van der Waals surface area contributed by atoms with Crippen LogP contribution in [-0.2, 0) is 22.5 Å². The molecule has 0 aliphatic carbocycles. The first-order valence-electron chi connectivity index (χ1n) is 9.62. The summed E-state index contributed by atoms with van der Waals surface area (Å²) in [6, 6.07) is 0.000476. The second-order valence-corrected chi connectivity index (χ2v) is 7.84. The molecule has 0 N–H and O–H groups in total. The average molecular weight is 347 g/mol. The van der Waals surface area contributed by atoms with Crippen LogP contribution in [0.3, 0.4) is 0 Å². The van der Waals surface area contributed by atoms with Crippen molar-refractivity contribution in [2.24, 2.45) is 5.92 Å². The summed E-state index contributed by atoms with van der Waals surface area (Å²) in [6.07, 6.45) is 5.40. The Morgan fingerprint density at radius 1 is 1.24 bits per heavy atom. The Morgan fingerprint density at radius 2 is 2.04 bits per heavy atom. The van der Waals surface area contributed by atoms with Gasteiger partial charge in [-0.25, -0.2) is 0 Å². The summed E-state index contributed by atoms with van der Waals surface area (Å²) in [5, 5.41) is 8.76. The van der Waals surface area contributed by atoms with Gasteiger partial charge in [-0.2, -0.15) is 0 Å². The number of likely N-dealkylation sites (tertiary alicyclic amines) is 2. The van der Waals surface area contributed by atoms with Crippen LogP contribution in [0.1, 0.15) is 50.3 Å². The van der Waals surface area contributed by atoms with E-state index >= 15 is 0 Å². The largest absolute Gasteiger partial charge is 0.380 e. The third kappa shape index (κ3) is 3.31. The van der Waals surface area contributed by atoms with Gasteiger partial charge in [0, 0.05) is 33.0 Å². The average Bonchev–Trinajstić information content (AvgIpc) is 3.31. The monoisotopic (exact) mass is 347 g/mol. The predicted molar refractivity (Wildman–Crippen MR) is 93.0 cm³/mol. The van der Waals surface area contributed by atoms with Crippen molar-refractivity contribution in [1.29, 1.82) is 0 Å². The molecule has 3 aliphatic heterocycles. The number of carbonyl (C=O) groups excluding carboxylic acids is 1.